The lowest BCUT2D eigenvalue weighted by Crippen LogP contribution is -2.02. The van der Waals surface area contributed by atoms with Crippen molar-refractivity contribution in [1.29, 1.82) is 0 Å². The Kier molecular flexibility index (Phi) is 5.63. The second kappa shape index (κ2) is 8.10. The van der Waals surface area contributed by atoms with Crippen LogP contribution in [0.4, 0.5) is 0 Å². The lowest BCUT2D eigenvalue weighted by atomic mass is 10.2. The van der Waals surface area contributed by atoms with Crippen molar-refractivity contribution in [3.63, 3.8) is 0 Å². The molecule has 0 bridgehead atoms. The fourth-order valence-corrected chi connectivity index (χ4v) is 3.15. The summed E-state index contributed by atoms with van der Waals surface area (Å²) in [5.74, 6) is 2.60. The van der Waals surface area contributed by atoms with Crippen LogP contribution in [0, 0.1) is 13.8 Å². The molecule has 6 nitrogen and oxygen atoms in total. The van der Waals surface area contributed by atoms with Gasteiger partial charge in [-0.3, -0.25) is 0 Å². The number of rotatable bonds is 8. The first-order chi connectivity index (χ1) is 11.7. The molecule has 7 heteroatoms. The van der Waals surface area contributed by atoms with Crippen LogP contribution in [0.1, 0.15) is 30.7 Å². The number of aryl methyl sites for hydroxylation is 3. The molecule has 0 aliphatic rings. The lowest BCUT2D eigenvalue weighted by Gasteiger charge is -1.99. The Bertz CT molecular complexity index is 749. The van der Waals surface area contributed by atoms with Crippen LogP contribution in [-0.4, -0.2) is 30.9 Å². The number of oxazole rings is 1. The third kappa shape index (κ3) is 4.44. The Morgan fingerprint density at radius 1 is 1.08 bits per heavy atom. The number of nitrogens with zero attached hydrogens (tertiary/aromatic N) is 5. The predicted octanol–water partition coefficient (Wildman–Crippen LogP) is 3.91. The average molecular weight is 343 g/mol. The fourth-order valence-electron chi connectivity index (χ4n) is 2.24. The molecule has 1 aromatic carbocycles. The maximum Gasteiger partial charge on any atom is 0.256 e. The maximum absolute atomic E-state index is 5.55. The van der Waals surface area contributed by atoms with Crippen molar-refractivity contribution in [2.24, 2.45) is 0 Å². The minimum Gasteiger partial charge on any atom is -0.437 e. The molecule has 2 heterocycles. The van der Waals surface area contributed by atoms with Crippen molar-refractivity contribution in [3.05, 3.63) is 41.8 Å². The number of hydrogen-bond acceptors (Lipinski definition) is 6. The molecule has 24 heavy (non-hydrogen) atoms. The molecule has 0 aliphatic carbocycles. The van der Waals surface area contributed by atoms with Crippen molar-refractivity contribution in [2.45, 2.75) is 44.9 Å². The van der Waals surface area contributed by atoms with Gasteiger partial charge in [0.05, 0.1) is 12.2 Å². The maximum atomic E-state index is 5.55. The van der Waals surface area contributed by atoms with Gasteiger partial charge in [-0.15, -0.1) is 10.2 Å². The highest BCUT2D eigenvalue weighted by Crippen LogP contribution is 2.21. The molecule has 0 aliphatic heterocycles. The molecule has 126 valence electrons. The van der Waals surface area contributed by atoms with Crippen LogP contribution >= 0.6 is 11.8 Å². The van der Waals surface area contributed by atoms with E-state index >= 15 is 0 Å². The van der Waals surface area contributed by atoms with Crippen molar-refractivity contribution < 1.29 is 4.42 Å². The van der Waals surface area contributed by atoms with Gasteiger partial charge in [0.2, 0.25) is 5.82 Å². The van der Waals surface area contributed by atoms with Gasteiger partial charge in [0.1, 0.15) is 5.76 Å². The van der Waals surface area contributed by atoms with Crippen LogP contribution in [0.15, 0.2) is 40.0 Å². The van der Waals surface area contributed by atoms with E-state index in [9.17, 15) is 0 Å². The lowest BCUT2D eigenvalue weighted by molar-refractivity contribution is 0.430. The van der Waals surface area contributed by atoms with Crippen LogP contribution in [0.3, 0.4) is 0 Å². The molecule has 0 spiro atoms. The third-order valence-corrected chi connectivity index (χ3v) is 4.64. The standard InChI is InChI=1S/C17H21N5OS/c1-13-14(2)23-17(18-13)24-12-8-4-7-11-22-20-16(19-21-22)15-9-5-3-6-10-15/h3,5-6,9-10H,4,7-8,11-12H2,1-2H3. The predicted molar refractivity (Wildman–Crippen MR) is 93.8 cm³/mol. The molecule has 0 saturated heterocycles. The molecule has 0 saturated carbocycles. The van der Waals surface area contributed by atoms with Crippen molar-refractivity contribution in [3.8, 4) is 11.4 Å². The first-order valence-electron chi connectivity index (χ1n) is 8.12. The molecule has 3 rings (SSSR count). The van der Waals surface area contributed by atoms with Gasteiger partial charge < -0.3 is 4.42 Å². The second-order valence-electron chi connectivity index (χ2n) is 5.61. The van der Waals surface area contributed by atoms with Crippen molar-refractivity contribution in [1.82, 2.24) is 25.2 Å². The van der Waals surface area contributed by atoms with E-state index in [2.05, 4.69) is 20.4 Å². The van der Waals surface area contributed by atoms with E-state index in [-0.39, 0.29) is 0 Å². The summed E-state index contributed by atoms with van der Waals surface area (Å²) in [7, 11) is 0. The van der Waals surface area contributed by atoms with Crippen molar-refractivity contribution >= 4 is 11.8 Å². The Morgan fingerprint density at radius 3 is 2.67 bits per heavy atom. The number of tetrazole rings is 1. The normalized spacial score (nSPS) is 11.1. The molecular weight excluding hydrogens is 322 g/mol. The van der Waals surface area contributed by atoms with E-state index in [4.69, 9.17) is 4.42 Å². The zero-order chi connectivity index (χ0) is 16.8. The van der Waals surface area contributed by atoms with Gasteiger partial charge in [0, 0.05) is 11.3 Å². The molecule has 0 N–H and O–H groups in total. The van der Waals surface area contributed by atoms with Gasteiger partial charge in [0.15, 0.2) is 0 Å². The van der Waals surface area contributed by atoms with Gasteiger partial charge >= 0.3 is 0 Å². The highest BCUT2D eigenvalue weighted by molar-refractivity contribution is 7.99. The van der Waals surface area contributed by atoms with Gasteiger partial charge in [-0.25, -0.2) is 4.98 Å². The molecular formula is C17H21N5OS. The van der Waals surface area contributed by atoms with E-state index < -0.39 is 0 Å². The molecule has 0 unspecified atom stereocenters. The van der Waals surface area contributed by atoms with E-state index in [0.717, 1.165) is 53.8 Å². The average Bonchev–Trinajstić information content (AvgIpc) is 3.19. The van der Waals surface area contributed by atoms with E-state index in [1.54, 1.807) is 16.6 Å². The molecule has 0 radical (unpaired) electrons. The SMILES string of the molecule is Cc1nc(SCCCCCn2nnc(-c3ccccc3)n2)oc1C. The summed E-state index contributed by atoms with van der Waals surface area (Å²) in [4.78, 5) is 6.05. The number of hydrogen-bond donors (Lipinski definition) is 0. The smallest absolute Gasteiger partial charge is 0.256 e. The molecule has 2 aromatic heterocycles. The fraction of sp³-hybridized carbons (Fsp3) is 0.412. The Morgan fingerprint density at radius 2 is 1.92 bits per heavy atom. The first kappa shape index (κ1) is 16.7. The largest absolute Gasteiger partial charge is 0.437 e. The zero-order valence-electron chi connectivity index (χ0n) is 14.0. The van der Waals surface area contributed by atoms with Crippen LogP contribution in [-0.2, 0) is 6.54 Å². The topological polar surface area (TPSA) is 69.6 Å². The van der Waals surface area contributed by atoms with Gasteiger partial charge in [-0.1, -0.05) is 48.5 Å². The van der Waals surface area contributed by atoms with Crippen molar-refractivity contribution in [2.75, 3.05) is 5.75 Å². The monoisotopic (exact) mass is 343 g/mol. The first-order valence-corrected chi connectivity index (χ1v) is 9.11. The summed E-state index contributed by atoms with van der Waals surface area (Å²) < 4.78 is 5.55. The molecule has 0 atom stereocenters. The third-order valence-electron chi connectivity index (χ3n) is 3.72. The van der Waals surface area contributed by atoms with Crippen LogP contribution in [0.2, 0.25) is 0 Å². The molecule has 0 fully saturated rings. The van der Waals surface area contributed by atoms with Crippen LogP contribution in [0.25, 0.3) is 11.4 Å². The Balaban J connectivity index is 1.36. The van der Waals surface area contributed by atoms with E-state index in [0.29, 0.717) is 5.82 Å². The summed E-state index contributed by atoms with van der Waals surface area (Å²) in [6.07, 6.45) is 3.27. The van der Waals surface area contributed by atoms with Gasteiger partial charge in [0.25, 0.3) is 5.22 Å². The number of thioether (sulfide) groups is 1. The summed E-state index contributed by atoms with van der Waals surface area (Å²) in [6.45, 7) is 4.71. The summed E-state index contributed by atoms with van der Waals surface area (Å²) >= 11 is 1.67. The van der Waals surface area contributed by atoms with Crippen LogP contribution < -0.4 is 0 Å². The summed E-state index contributed by atoms with van der Waals surface area (Å²) in [5, 5.41) is 13.4. The van der Waals surface area contributed by atoms with E-state index in [1.807, 2.05) is 44.2 Å². The number of benzene rings is 1. The molecule has 0 amide bonds. The number of unbranched alkanes of at least 4 members (excludes halogenated alkanes) is 2. The summed E-state index contributed by atoms with van der Waals surface area (Å²) in [5.41, 5.74) is 1.97. The minimum atomic E-state index is 0.681. The van der Waals surface area contributed by atoms with Gasteiger partial charge in [-0.2, -0.15) is 4.80 Å². The zero-order valence-corrected chi connectivity index (χ0v) is 14.8. The van der Waals surface area contributed by atoms with Gasteiger partial charge in [-0.05, 0) is 31.9 Å². The quantitative estimate of drug-likeness (QED) is 0.456. The number of aromatic nitrogens is 5. The highest BCUT2D eigenvalue weighted by atomic mass is 32.2. The second-order valence-corrected chi connectivity index (χ2v) is 6.65. The molecule has 3 aromatic rings. The summed E-state index contributed by atoms with van der Waals surface area (Å²) in [6, 6.07) is 9.91. The Hall–Kier alpha value is -2.15. The van der Waals surface area contributed by atoms with Crippen LogP contribution in [0.5, 0.6) is 0 Å². The highest BCUT2D eigenvalue weighted by Gasteiger charge is 2.06. The van der Waals surface area contributed by atoms with E-state index in [1.165, 1.54) is 0 Å². The Labute approximate surface area is 145 Å². The minimum absolute atomic E-state index is 0.681.